The number of hydrogen-bond acceptors (Lipinski definition) is 4. The highest BCUT2D eigenvalue weighted by atomic mass is 14.8. The van der Waals surface area contributed by atoms with Crippen molar-refractivity contribution < 1.29 is 0 Å². The van der Waals surface area contributed by atoms with Crippen LogP contribution in [0.3, 0.4) is 0 Å². The lowest BCUT2D eigenvalue weighted by Gasteiger charge is -2.19. The van der Waals surface area contributed by atoms with E-state index in [1.54, 1.807) is 12.4 Å². The molecule has 0 aliphatic rings. The average molecular weight is 715 g/mol. The van der Waals surface area contributed by atoms with Crippen molar-refractivity contribution in [2.24, 2.45) is 0 Å². The fourth-order valence-corrected chi connectivity index (χ4v) is 7.78. The Morgan fingerprint density at radius 2 is 0.643 bits per heavy atom. The minimum absolute atomic E-state index is 0.838. The largest absolute Gasteiger partial charge is 0.255 e. The van der Waals surface area contributed by atoms with Gasteiger partial charge >= 0.3 is 0 Å². The van der Waals surface area contributed by atoms with Gasteiger partial charge in [-0.15, -0.1) is 0 Å². The third kappa shape index (κ3) is 6.19. The molecule has 4 nitrogen and oxygen atoms in total. The van der Waals surface area contributed by atoms with Crippen molar-refractivity contribution in [2.75, 3.05) is 0 Å². The Balaban J connectivity index is 1.22. The van der Waals surface area contributed by atoms with E-state index in [0.717, 1.165) is 77.7 Å². The van der Waals surface area contributed by atoms with E-state index in [1.807, 2.05) is 48.8 Å². The zero-order valence-electron chi connectivity index (χ0n) is 30.4. The number of hydrogen-bond donors (Lipinski definition) is 0. The van der Waals surface area contributed by atoms with E-state index in [4.69, 9.17) is 9.97 Å². The predicted molar refractivity (Wildman–Crippen MR) is 231 cm³/mol. The van der Waals surface area contributed by atoms with E-state index in [9.17, 15) is 0 Å². The number of rotatable bonds is 7. The molecule has 10 rings (SSSR count). The van der Waals surface area contributed by atoms with Gasteiger partial charge in [0.2, 0.25) is 0 Å². The number of aromatic nitrogens is 4. The molecule has 56 heavy (non-hydrogen) atoms. The fraction of sp³-hybridized carbons (Fsp3) is 0. The van der Waals surface area contributed by atoms with Gasteiger partial charge in [0.1, 0.15) is 0 Å². The molecule has 0 saturated carbocycles. The lowest BCUT2D eigenvalue weighted by molar-refractivity contribution is 1.25. The van der Waals surface area contributed by atoms with Gasteiger partial charge in [0, 0.05) is 35.9 Å². The first-order valence-corrected chi connectivity index (χ1v) is 18.8. The van der Waals surface area contributed by atoms with Crippen LogP contribution in [0.2, 0.25) is 0 Å². The Hall–Kier alpha value is -7.56. The monoisotopic (exact) mass is 714 g/mol. The summed E-state index contributed by atoms with van der Waals surface area (Å²) in [5.74, 6) is 0. The first kappa shape index (κ1) is 33.0. The standard InChI is InChI=1S/C52H34N4/c1-3-13-35(14-4-1)40-29-41(36-15-5-2-6-16-36)31-42(30-40)37-21-24-45-46(32-37)52(39-23-26-50(56-34-39)48-20-10-12-28-54-48)44-18-8-7-17-43(44)51(45)38-22-25-49(55-33-38)47-19-9-11-27-53-47/h1-34H. The molecule has 0 bridgehead atoms. The molecule has 0 aliphatic heterocycles. The van der Waals surface area contributed by atoms with E-state index in [-0.39, 0.29) is 0 Å². The molecule has 0 saturated heterocycles. The maximum Gasteiger partial charge on any atom is 0.0886 e. The summed E-state index contributed by atoms with van der Waals surface area (Å²) < 4.78 is 0. The highest BCUT2D eigenvalue weighted by molar-refractivity contribution is 6.22. The van der Waals surface area contributed by atoms with Crippen molar-refractivity contribution in [3.63, 3.8) is 0 Å². The van der Waals surface area contributed by atoms with Gasteiger partial charge in [0.15, 0.2) is 0 Å². The van der Waals surface area contributed by atoms with Crippen molar-refractivity contribution in [2.45, 2.75) is 0 Å². The van der Waals surface area contributed by atoms with Gasteiger partial charge in [-0.3, -0.25) is 19.9 Å². The maximum atomic E-state index is 4.95. The van der Waals surface area contributed by atoms with Gasteiger partial charge in [-0.05, 0) is 127 Å². The molecule has 10 aromatic rings. The van der Waals surface area contributed by atoms with Crippen molar-refractivity contribution in [3.8, 4) is 78.4 Å². The fourth-order valence-electron chi connectivity index (χ4n) is 7.78. The second-order valence-corrected chi connectivity index (χ2v) is 13.9. The molecular formula is C52H34N4. The third-order valence-electron chi connectivity index (χ3n) is 10.5. The van der Waals surface area contributed by atoms with Crippen LogP contribution in [0.1, 0.15) is 0 Å². The van der Waals surface area contributed by atoms with Crippen molar-refractivity contribution in [3.05, 3.63) is 207 Å². The summed E-state index contributed by atoms with van der Waals surface area (Å²) in [6.07, 6.45) is 7.58. The second kappa shape index (κ2) is 14.3. The summed E-state index contributed by atoms with van der Waals surface area (Å²) in [5.41, 5.74) is 14.8. The quantitative estimate of drug-likeness (QED) is 0.154. The molecule has 0 fully saturated rings. The average Bonchev–Trinajstić information content (AvgIpc) is 3.29. The van der Waals surface area contributed by atoms with Crippen LogP contribution in [-0.2, 0) is 0 Å². The first-order chi connectivity index (χ1) is 27.8. The number of fused-ring (bicyclic) bond motifs is 2. The van der Waals surface area contributed by atoms with E-state index in [0.29, 0.717) is 0 Å². The molecule has 0 spiro atoms. The third-order valence-corrected chi connectivity index (χ3v) is 10.5. The van der Waals surface area contributed by atoms with Crippen LogP contribution in [0.25, 0.3) is 100.0 Å². The maximum absolute atomic E-state index is 4.95. The zero-order valence-corrected chi connectivity index (χ0v) is 30.4. The number of pyridine rings is 4. The first-order valence-electron chi connectivity index (χ1n) is 18.8. The van der Waals surface area contributed by atoms with E-state index in [2.05, 4.69) is 156 Å². The lowest BCUT2D eigenvalue weighted by atomic mass is 9.85. The van der Waals surface area contributed by atoms with Crippen LogP contribution < -0.4 is 0 Å². The van der Waals surface area contributed by atoms with Gasteiger partial charge in [-0.25, -0.2) is 0 Å². The Bertz CT molecular complexity index is 2910. The molecule has 6 aromatic carbocycles. The van der Waals surface area contributed by atoms with Crippen molar-refractivity contribution in [1.29, 1.82) is 0 Å². The summed E-state index contributed by atoms with van der Waals surface area (Å²) in [6.45, 7) is 0. The SMILES string of the molecule is c1ccc(-c2cc(-c3ccccc3)cc(-c3ccc4c(-c5ccc(-c6ccccn6)nc5)c5ccccc5c(-c5ccc(-c6ccccn6)nc5)c4c3)c2)cc1. The highest BCUT2D eigenvalue weighted by Gasteiger charge is 2.19. The Kier molecular flexibility index (Phi) is 8.47. The predicted octanol–water partition coefficient (Wildman–Crippen LogP) is 13.2. The Morgan fingerprint density at radius 3 is 1.11 bits per heavy atom. The highest BCUT2D eigenvalue weighted by Crippen LogP contribution is 2.45. The smallest absolute Gasteiger partial charge is 0.0886 e. The molecule has 4 heteroatoms. The molecule has 4 heterocycles. The minimum atomic E-state index is 0.838. The normalized spacial score (nSPS) is 11.2. The summed E-state index contributed by atoms with van der Waals surface area (Å²) in [5, 5.41) is 4.59. The van der Waals surface area contributed by atoms with Gasteiger partial charge in [0.25, 0.3) is 0 Å². The van der Waals surface area contributed by atoms with Crippen LogP contribution in [-0.4, -0.2) is 19.9 Å². The van der Waals surface area contributed by atoms with Crippen molar-refractivity contribution >= 4 is 21.5 Å². The zero-order chi connectivity index (χ0) is 37.3. The molecule has 0 atom stereocenters. The summed E-state index contributed by atoms with van der Waals surface area (Å²) in [6, 6.07) is 64.1. The van der Waals surface area contributed by atoms with Crippen molar-refractivity contribution in [1.82, 2.24) is 19.9 Å². The minimum Gasteiger partial charge on any atom is -0.255 e. The molecule has 0 aliphatic carbocycles. The van der Waals surface area contributed by atoms with Crippen LogP contribution in [0.4, 0.5) is 0 Å². The second-order valence-electron chi connectivity index (χ2n) is 13.9. The van der Waals surface area contributed by atoms with Gasteiger partial charge < -0.3 is 0 Å². The molecule has 0 radical (unpaired) electrons. The molecule has 4 aromatic heterocycles. The Morgan fingerprint density at radius 1 is 0.232 bits per heavy atom. The van der Waals surface area contributed by atoms with E-state index in [1.165, 1.54) is 22.3 Å². The molecule has 262 valence electrons. The molecule has 0 N–H and O–H groups in total. The van der Waals surface area contributed by atoms with Gasteiger partial charge in [-0.1, -0.05) is 121 Å². The van der Waals surface area contributed by atoms with Gasteiger partial charge in [-0.2, -0.15) is 0 Å². The van der Waals surface area contributed by atoms with Gasteiger partial charge in [0.05, 0.1) is 22.8 Å². The lowest BCUT2D eigenvalue weighted by Crippen LogP contribution is -1.94. The summed E-state index contributed by atoms with van der Waals surface area (Å²) in [7, 11) is 0. The number of benzene rings is 6. The van der Waals surface area contributed by atoms with Crippen LogP contribution in [0.15, 0.2) is 207 Å². The molecular weight excluding hydrogens is 681 g/mol. The number of nitrogens with zero attached hydrogens (tertiary/aromatic N) is 4. The van der Waals surface area contributed by atoms with Crippen LogP contribution >= 0.6 is 0 Å². The van der Waals surface area contributed by atoms with Crippen LogP contribution in [0, 0.1) is 0 Å². The molecule has 0 amide bonds. The topological polar surface area (TPSA) is 51.6 Å². The van der Waals surface area contributed by atoms with Crippen LogP contribution in [0.5, 0.6) is 0 Å². The summed E-state index contributed by atoms with van der Waals surface area (Å²) in [4.78, 5) is 19.0. The molecule has 0 unspecified atom stereocenters. The Labute approximate surface area is 325 Å². The van der Waals surface area contributed by atoms with E-state index < -0.39 is 0 Å². The summed E-state index contributed by atoms with van der Waals surface area (Å²) >= 11 is 0. The van der Waals surface area contributed by atoms with E-state index >= 15 is 0 Å².